The average molecular weight is 310 g/mol. The molecule has 0 radical (unpaired) electrons. The summed E-state index contributed by atoms with van der Waals surface area (Å²) in [5.41, 5.74) is 1.21. The fourth-order valence-corrected chi connectivity index (χ4v) is 3.81. The first-order valence-electron chi connectivity index (χ1n) is 8.26. The van der Waals surface area contributed by atoms with Crippen LogP contribution in [0.25, 0.3) is 0 Å². The maximum atomic E-state index is 6.22. The smallest absolute Gasteiger partial charge is 0.123 e. The van der Waals surface area contributed by atoms with E-state index in [1.165, 1.54) is 37.7 Å². The lowest BCUT2D eigenvalue weighted by Gasteiger charge is -2.35. The molecule has 1 aliphatic carbocycles. The summed E-state index contributed by atoms with van der Waals surface area (Å²) in [5.74, 6) is 2.55. The fraction of sp³-hybridized carbons (Fsp3) is 0.667. The Labute approximate surface area is 134 Å². The minimum Gasteiger partial charge on any atom is -0.496 e. The van der Waals surface area contributed by atoms with E-state index in [1.54, 1.807) is 7.11 Å². The first-order valence-corrected chi connectivity index (χ1v) is 8.64. The summed E-state index contributed by atoms with van der Waals surface area (Å²) in [6, 6.07) is 6.31. The summed E-state index contributed by atoms with van der Waals surface area (Å²) in [6.45, 7) is 5.45. The molecule has 1 aromatic carbocycles. The number of hydrogen-bond acceptors (Lipinski definition) is 2. The highest BCUT2D eigenvalue weighted by molar-refractivity contribution is 6.30. The first-order chi connectivity index (χ1) is 10.2. The Bertz CT molecular complexity index is 441. The van der Waals surface area contributed by atoms with Crippen LogP contribution in [0.15, 0.2) is 18.2 Å². The molecule has 0 aliphatic heterocycles. The minimum atomic E-state index is 0.349. The van der Waals surface area contributed by atoms with E-state index in [0.717, 1.165) is 23.2 Å². The Morgan fingerprint density at radius 2 is 1.95 bits per heavy atom. The average Bonchev–Trinajstić information content (AvgIpc) is 2.53. The molecular formula is C18H28ClNO. The predicted molar refractivity (Wildman–Crippen MR) is 90.2 cm³/mol. The Kier molecular flexibility index (Phi) is 6.38. The molecule has 1 fully saturated rings. The standard InChI is InChI=1S/C18H28ClNO/c1-4-13-6-8-14(9-7-13)18(20-5-2)16-12-15(19)10-11-17(16)21-3/h10-14,18,20H,4-9H2,1-3H3. The van der Waals surface area contributed by atoms with Crippen molar-refractivity contribution in [2.24, 2.45) is 11.8 Å². The van der Waals surface area contributed by atoms with Crippen LogP contribution in [0.3, 0.4) is 0 Å². The molecule has 1 atom stereocenters. The molecule has 118 valence electrons. The van der Waals surface area contributed by atoms with Gasteiger partial charge in [0.05, 0.1) is 7.11 Å². The summed E-state index contributed by atoms with van der Waals surface area (Å²) < 4.78 is 5.56. The largest absolute Gasteiger partial charge is 0.496 e. The summed E-state index contributed by atoms with van der Waals surface area (Å²) in [6.07, 6.45) is 6.62. The zero-order valence-electron chi connectivity index (χ0n) is 13.5. The highest BCUT2D eigenvalue weighted by atomic mass is 35.5. The Balaban J connectivity index is 2.21. The van der Waals surface area contributed by atoms with Gasteiger partial charge in [-0.3, -0.25) is 0 Å². The van der Waals surface area contributed by atoms with Gasteiger partial charge in [-0.1, -0.05) is 44.7 Å². The van der Waals surface area contributed by atoms with Crippen LogP contribution in [-0.2, 0) is 0 Å². The van der Waals surface area contributed by atoms with Crippen LogP contribution < -0.4 is 10.1 Å². The van der Waals surface area contributed by atoms with E-state index >= 15 is 0 Å². The van der Waals surface area contributed by atoms with Gasteiger partial charge < -0.3 is 10.1 Å². The third-order valence-electron chi connectivity index (χ3n) is 4.89. The molecule has 0 amide bonds. The Morgan fingerprint density at radius 3 is 2.52 bits per heavy atom. The SMILES string of the molecule is CCNC(c1cc(Cl)ccc1OC)C1CCC(CC)CC1. The third-order valence-corrected chi connectivity index (χ3v) is 5.13. The van der Waals surface area contributed by atoms with Crippen molar-refractivity contribution in [3.05, 3.63) is 28.8 Å². The monoisotopic (exact) mass is 309 g/mol. The fourth-order valence-electron chi connectivity index (χ4n) is 3.63. The molecule has 1 saturated carbocycles. The second-order valence-electron chi connectivity index (χ2n) is 6.11. The summed E-state index contributed by atoms with van der Waals surface area (Å²) >= 11 is 6.22. The summed E-state index contributed by atoms with van der Waals surface area (Å²) in [5, 5.41) is 4.45. The van der Waals surface area contributed by atoms with Gasteiger partial charge in [0.2, 0.25) is 0 Å². The topological polar surface area (TPSA) is 21.3 Å². The zero-order chi connectivity index (χ0) is 15.2. The van der Waals surface area contributed by atoms with Crippen LogP contribution in [0.1, 0.15) is 57.6 Å². The van der Waals surface area contributed by atoms with Gasteiger partial charge in [-0.05, 0) is 49.4 Å². The quantitative estimate of drug-likeness (QED) is 0.778. The van der Waals surface area contributed by atoms with E-state index in [1.807, 2.05) is 12.1 Å². The molecule has 3 heteroatoms. The van der Waals surface area contributed by atoms with Crippen molar-refractivity contribution in [1.82, 2.24) is 5.32 Å². The van der Waals surface area contributed by atoms with Gasteiger partial charge in [-0.2, -0.15) is 0 Å². The molecule has 0 heterocycles. The van der Waals surface area contributed by atoms with Crippen molar-refractivity contribution in [2.75, 3.05) is 13.7 Å². The number of nitrogens with one attached hydrogen (secondary N) is 1. The molecule has 1 aromatic rings. The van der Waals surface area contributed by atoms with Gasteiger partial charge in [0.1, 0.15) is 5.75 Å². The number of rotatable bonds is 6. The van der Waals surface area contributed by atoms with Gasteiger partial charge in [-0.15, -0.1) is 0 Å². The van der Waals surface area contributed by atoms with Crippen LogP contribution in [0, 0.1) is 11.8 Å². The van der Waals surface area contributed by atoms with Gasteiger partial charge in [0, 0.05) is 16.6 Å². The van der Waals surface area contributed by atoms with Gasteiger partial charge in [0.15, 0.2) is 0 Å². The van der Waals surface area contributed by atoms with E-state index in [9.17, 15) is 0 Å². The molecule has 1 N–H and O–H groups in total. The minimum absolute atomic E-state index is 0.349. The summed E-state index contributed by atoms with van der Waals surface area (Å²) in [4.78, 5) is 0. The van der Waals surface area contributed by atoms with E-state index in [2.05, 4.69) is 25.2 Å². The lowest BCUT2D eigenvalue weighted by atomic mass is 9.76. The van der Waals surface area contributed by atoms with Crippen molar-refractivity contribution in [2.45, 2.75) is 52.0 Å². The molecule has 1 aliphatic rings. The maximum Gasteiger partial charge on any atom is 0.123 e. The molecule has 0 bridgehead atoms. The zero-order valence-corrected chi connectivity index (χ0v) is 14.2. The molecular weight excluding hydrogens is 282 g/mol. The van der Waals surface area contributed by atoms with Crippen LogP contribution in [0.5, 0.6) is 5.75 Å². The number of hydrogen-bond donors (Lipinski definition) is 1. The molecule has 0 aromatic heterocycles. The Morgan fingerprint density at radius 1 is 1.24 bits per heavy atom. The van der Waals surface area contributed by atoms with E-state index < -0.39 is 0 Å². The normalized spacial score (nSPS) is 23.8. The van der Waals surface area contributed by atoms with Crippen LogP contribution in [0.4, 0.5) is 0 Å². The maximum absolute atomic E-state index is 6.22. The van der Waals surface area contributed by atoms with Crippen LogP contribution >= 0.6 is 11.6 Å². The molecule has 0 saturated heterocycles. The lowest BCUT2D eigenvalue weighted by molar-refractivity contribution is 0.217. The molecule has 21 heavy (non-hydrogen) atoms. The number of methoxy groups -OCH3 is 1. The number of benzene rings is 1. The van der Waals surface area contributed by atoms with E-state index in [-0.39, 0.29) is 0 Å². The van der Waals surface area contributed by atoms with Crippen molar-refractivity contribution in [3.8, 4) is 5.75 Å². The molecule has 0 spiro atoms. The third kappa shape index (κ3) is 4.14. The van der Waals surface area contributed by atoms with Gasteiger partial charge in [0.25, 0.3) is 0 Å². The number of halogens is 1. The van der Waals surface area contributed by atoms with Crippen LogP contribution in [0.2, 0.25) is 5.02 Å². The second kappa shape index (κ2) is 8.05. The predicted octanol–water partition coefficient (Wildman–Crippen LogP) is 5.22. The Hall–Kier alpha value is -0.730. The lowest BCUT2D eigenvalue weighted by Crippen LogP contribution is -2.31. The second-order valence-corrected chi connectivity index (χ2v) is 6.55. The number of ether oxygens (including phenoxy) is 1. The van der Waals surface area contributed by atoms with Crippen molar-refractivity contribution >= 4 is 11.6 Å². The van der Waals surface area contributed by atoms with E-state index in [4.69, 9.17) is 16.3 Å². The van der Waals surface area contributed by atoms with Crippen molar-refractivity contribution in [3.63, 3.8) is 0 Å². The summed E-state index contributed by atoms with van der Waals surface area (Å²) in [7, 11) is 1.74. The van der Waals surface area contributed by atoms with Crippen LogP contribution in [-0.4, -0.2) is 13.7 Å². The van der Waals surface area contributed by atoms with Crippen molar-refractivity contribution in [1.29, 1.82) is 0 Å². The first kappa shape index (κ1) is 16.6. The molecule has 1 unspecified atom stereocenters. The van der Waals surface area contributed by atoms with Crippen molar-refractivity contribution < 1.29 is 4.74 Å². The van der Waals surface area contributed by atoms with Gasteiger partial charge >= 0.3 is 0 Å². The highest BCUT2D eigenvalue weighted by Gasteiger charge is 2.29. The highest BCUT2D eigenvalue weighted by Crippen LogP contribution is 2.41. The van der Waals surface area contributed by atoms with E-state index in [0.29, 0.717) is 12.0 Å². The van der Waals surface area contributed by atoms with Gasteiger partial charge in [-0.25, -0.2) is 0 Å². The molecule has 2 rings (SSSR count). The molecule has 2 nitrogen and oxygen atoms in total.